The van der Waals surface area contributed by atoms with E-state index >= 15 is 0 Å². The van der Waals surface area contributed by atoms with Gasteiger partial charge in [-0.05, 0) is 30.2 Å². The van der Waals surface area contributed by atoms with Gasteiger partial charge in [-0.3, -0.25) is 14.9 Å². The predicted octanol–water partition coefficient (Wildman–Crippen LogP) is 4.91. The molecule has 0 N–H and O–H groups in total. The van der Waals surface area contributed by atoms with Gasteiger partial charge >= 0.3 is 19.5 Å². The fraction of sp³-hybridized carbons (Fsp3) is 0.250. The van der Waals surface area contributed by atoms with Crippen LogP contribution < -0.4 is 0 Å². The molecule has 2 aliphatic heterocycles. The first-order chi connectivity index (χ1) is 14.3. The Labute approximate surface area is 191 Å². The smallest absolute Gasteiger partial charge is 0.684 e. The topological polar surface area (TPSA) is 57.2 Å². The van der Waals surface area contributed by atoms with Crippen LogP contribution in [0, 0.1) is 6.92 Å². The summed E-state index contributed by atoms with van der Waals surface area (Å²) in [7, 11) is 0. The first-order valence-electron chi connectivity index (χ1n) is 9.93. The molecule has 148 valence electrons. The van der Waals surface area contributed by atoms with Crippen LogP contribution in [0.3, 0.4) is 0 Å². The second-order valence-corrected chi connectivity index (χ2v) is 7.27. The van der Waals surface area contributed by atoms with Gasteiger partial charge in [0.1, 0.15) is 0 Å². The molecule has 0 unspecified atom stereocenters. The number of aromatic nitrogens is 2. The molecule has 0 aliphatic carbocycles. The van der Waals surface area contributed by atoms with E-state index in [1.165, 1.54) is 5.56 Å². The summed E-state index contributed by atoms with van der Waals surface area (Å²) >= 11 is 0. The Morgan fingerprint density at radius 3 is 1.87 bits per heavy atom. The average molecular weight is 449 g/mol. The van der Waals surface area contributed by atoms with Crippen molar-refractivity contribution < 1.29 is 19.5 Å². The zero-order valence-electron chi connectivity index (χ0n) is 17.4. The van der Waals surface area contributed by atoms with Crippen molar-refractivity contribution in [1.82, 2.24) is 14.9 Å². The van der Waals surface area contributed by atoms with Gasteiger partial charge in [-0.2, -0.15) is 0 Å². The van der Waals surface area contributed by atoms with E-state index in [0.717, 1.165) is 61.1 Å². The fourth-order valence-corrected chi connectivity index (χ4v) is 3.30. The van der Waals surface area contributed by atoms with E-state index in [1.807, 2.05) is 31.5 Å². The summed E-state index contributed by atoms with van der Waals surface area (Å²) in [4.78, 5) is 11.5. The number of rotatable bonds is 7. The first-order valence-corrected chi connectivity index (χ1v) is 9.93. The van der Waals surface area contributed by atoms with Crippen LogP contribution in [0.1, 0.15) is 11.1 Å². The summed E-state index contributed by atoms with van der Waals surface area (Å²) in [5.41, 5.74) is 6.32. The fourth-order valence-electron chi connectivity index (χ4n) is 3.30. The summed E-state index contributed by atoms with van der Waals surface area (Å²) in [6.45, 7) is 5.94. The van der Waals surface area contributed by atoms with Crippen LogP contribution in [-0.2, 0) is 26.0 Å². The van der Waals surface area contributed by atoms with Gasteiger partial charge < -0.3 is 10.6 Å². The second kappa shape index (κ2) is 11.0. The molecule has 6 heteroatoms. The van der Waals surface area contributed by atoms with Gasteiger partial charge in [0.25, 0.3) is 0 Å². The van der Waals surface area contributed by atoms with E-state index in [4.69, 9.17) is 0 Å². The van der Waals surface area contributed by atoms with Gasteiger partial charge in [-0.25, -0.2) is 0 Å². The molecule has 30 heavy (non-hydrogen) atoms. The number of pyridine rings is 2. The Hall–Kier alpha value is -2.56. The van der Waals surface area contributed by atoms with Crippen molar-refractivity contribution in [3.63, 3.8) is 0 Å². The molecule has 0 aromatic carbocycles. The Morgan fingerprint density at radius 2 is 1.40 bits per heavy atom. The molecule has 0 radical (unpaired) electrons. The molecule has 0 saturated heterocycles. The molecule has 0 fully saturated rings. The maximum absolute atomic E-state index is 4.64. The quantitative estimate of drug-likeness (QED) is 0.566. The molecule has 2 aliphatic rings. The van der Waals surface area contributed by atoms with E-state index in [9.17, 15) is 0 Å². The van der Waals surface area contributed by atoms with Crippen molar-refractivity contribution in [2.45, 2.75) is 13.5 Å². The number of hydrogen-bond acceptors (Lipinski definition) is 3. The molecule has 4 heterocycles. The van der Waals surface area contributed by atoms with Crippen molar-refractivity contribution in [1.29, 1.82) is 0 Å². The number of aryl methyl sites for hydroxylation is 1. The van der Waals surface area contributed by atoms with Crippen LogP contribution >= 0.6 is 0 Å². The maximum Gasteiger partial charge on any atom is 2.00 e. The molecule has 4 rings (SSSR count). The summed E-state index contributed by atoms with van der Waals surface area (Å²) < 4.78 is 0. The SMILES string of the molecule is Cc1ccc(-c2ccc(CN(CC3=CC=CC[N-]3)CC3=CC=CC[N-]3)cn2)nc1.[Zn+2]. The largest absolute Gasteiger partial charge is 2.00 e. The molecule has 0 bridgehead atoms. The summed E-state index contributed by atoms with van der Waals surface area (Å²) in [6.07, 6.45) is 16.3. The van der Waals surface area contributed by atoms with E-state index in [1.54, 1.807) is 0 Å². The third-order valence-corrected chi connectivity index (χ3v) is 4.82. The maximum atomic E-state index is 4.64. The normalized spacial score (nSPS) is 15.0. The molecule has 2 aromatic heterocycles. The number of nitrogens with zero attached hydrogens (tertiary/aromatic N) is 5. The number of hydrogen-bond donors (Lipinski definition) is 0. The Balaban J connectivity index is 0.00000256. The van der Waals surface area contributed by atoms with Crippen LogP contribution in [-0.4, -0.2) is 41.0 Å². The second-order valence-electron chi connectivity index (χ2n) is 7.27. The minimum Gasteiger partial charge on any atom is -0.684 e. The molecule has 5 nitrogen and oxygen atoms in total. The van der Waals surface area contributed by atoms with Gasteiger partial charge in [0.05, 0.1) is 11.4 Å². The zero-order valence-corrected chi connectivity index (χ0v) is 20.4. The third kappa shape index (κ3) is 6.22. The van der Waals surface area contributed by atoms with E-state index in [2.05, 4.69) is 74.1 Å². The van der Waals surface area contributed by atoms with E-state index in [-0.39, 0.29) is 19.5 Å². The molecule has 0 amide bonds. The van der Waals surface area contributed by atoms with Crippen molar-refractivity contribution in [2.75, 3.05) is 26.2 Å². The van der Waals surface area contributed by atoms with Crippen molar-refractivity contribution >= 4 is 0 Å². The molecule has 0 saturated carbocycles. The van der Waals surface area contributed by atoms with Crippen LogP contribution in [0.15, 0.2) is 84.5 Å². The van der Waals surface area contributed by atoms with Crippen molar-refractivity contribution in [3.05, 3.63) is 106 Å². The van der Waals surface area contributed by atoms with Gasteiger partial charge in [0.2, 0.25) is 0 Å². The van der Waals surface area contributed by atoms with Gasteiger partial charge in [-0.15, -0.1) is 36.6 Å². The molecular weight excluding hydrogens is 424 g/mol. The first kappa shape index (κ1) is 22.1. The zero-order chi connectivity index (χ0) is 19.9. The van der Waals surface area contributed by atoms with Gasteiger partial charge in [-0.1, -0.05) is 36.4 Å². The molecule has 0 spiro atoms. The summed E-state index contributed by atoms with van der Waals surface area (Å²) in [6, 6.07) is 8.25. The standard InChI is InChI=1S/C24H25N5.Zn/c1-19-8-10-23(27-14-19)24-11-9-20(15-28-24)16-29(17-21-6-2-4-12-25-21)18-22-7-3-5-13-26-22;/h2-11,14-15H,12-13,16-18H2,1H3;/q-2;+2. The third-order valence-electron chi connectivity index (χ3n) is 4.82. The monoisotopic (exact) mass is 447 g/mol. The van der Waals surface area contributed by atoms with E-state index < -0.39 is 0 Å². The van der Waals surface area contributed by atoms with Crippen LogP contribution in [0.2, 0.25) is 0 Å². The minimum atomic E-state index is 0. The average Bonchev–Trinajstić information content (AvgIpc) is 2.76. The van der Waals surface area contributed by atoms with Crippen LogP contribution in [0.5, 0.6) is 0 Å². The molecule has 2 aromatic rings. The molecule has 0 atom stereocenters. The summed E-state index contributed by atoms with van der Waals surface area (Å²) in [5.74, 6) is 0. The molecular formula is C24H25N5Zn. The Bertz CT molecular complexity index is 909. The Morgan fingerprint density at radius 1 is 0.800 bits per heavy atom. The minimum absolute atomic E-state index is 0. The number of allylic oxidation sites excluding steroid dienone is 4. The van der Waals surface area contributed by atoms with Crippen LogP contribution in [0.25, 0.3) is 22.0 Å². The van der Waals surface area contributed by atoms with Crippen LogP contribution in [0.4, 0.5) is 0 Å². The predicted molar refractivity (Wildman–Crippen MR) is 118 cm³/mol. The van der Waals surface area contributed by atoms with E-state index in [0.29, 0.717) is 0 Å². The van der Waals surface area contributed by atoms with Crippen molar-refractivity contribution in [3.8, 4) is 11.4 Å². The Kier molecular flexibility index (Phi) is 8.12. The van der Waals surface area contributed by atoms with Gasteiger partial charge in [0.15, 0.2) is 0 Å². The summed E-state index contributed by atoms with van der Waals surface area (Å²) in [5, 5.41) is 9.22. The van der Waals surface area contributed by atoms with Gasteiger partial charge in [0, 0.05) is 32.0 Å². The van der Waals surface area contributed by atoms with Crippen molar-refractivity contribution in [2.24, 2.45) is 0 Å².